The smallest absolute Gasteiger partial charge is 0.145 e. The quantitative estimate of drug-likeness (QED) is 0.924. The van der Waals surface area contributed by atoms with E-state index in [1.165, 1.54) is 23.5 Å². The summed E-state index contributed by atoms with van der Waals surface area (Å²) in [6.07, 6.45) is -0.330. The van der Waals surface area contributed by atoms with E-state index in [1.54, 1.807) is 12.1 Å². The number of rotatable bonds is 4. The van der Waals surface area contributed by atoms with Gasteiger partial charge in [-0.15, -0.1) is 11.3 Å². The molecule has 2 N–H and O–H groups in total. The SMILES string of the molecule is N#Cc1ccc(OC(CN)c2cc(Br)cs2)cc1F. The summed E-state index contributed by atoms with van der Waals surface area (Å²) in [5, 5.41) is 10.6. The molecule has 0 fully saturated rings. The highest BCUT2D eigenvalue weighted by molar-refractivity contribution is 9.10. The van der Waals surface area contributed by atoms with Gasteiger partial charge in [0.15, 0.2) is 0 Å². The third-order valence-electron chi connectivity index (χ3n) is 2.46. The molecule has 0 spiro atoms. The number of nitriles is 1. The van der Waals surface area contributed by atoms with Crippen LogP contribution in [0.4, 0.5) is 4.39 Å². The van der Waals surface area contributed by atoms with Crippen LogP contribution in [0.5, 0.6) is 5.75 Å². The minimum Gasteiger partial charge on any atom is -0.483 e. The standard InChI is InChI=1S/C13H10BrFN2OS/c14-9-3-13(19-7-9)12(6-17)18-10-2-1-8(5-16)11(15)4-10/h1-4,7,12H,6,17H2. The summed E-state index contributed by atoms with van der Waals surface area (Å²) < 4.78 is 20.1. The van der Waals surface area contributed by atoms with Crippen LogP contribution in [0.2, 0.25) is 0 Å². The van der Waals surface area contributed by atoms with Crippen LogP contribution in [0.25, 0.3) is 0 Å². The van der Waals surface area contributed by atoms with E-state index in [-0.39, 0.29) is 18.2 Å². The molecule has 2 aromatic rings. The molecule has 0 aliphatic rings. The molecule has 1 heterocycles. The van der Waals surface area contributed by atoms with Crippen LogP contribution in [0.3, 0.4) is 0 Å². The lowest BCUT2D eigenvalue weighted by molar-refractivity contribution is 0.217. The van der Waals surface area contributed by atoms with Crippen LogP contribution in [0.1, 0.15) is 16.5 Å². The summed E-state index contributed by atoms with van der Waals surface area (Å²) in [5.74, 6) is -0.236. The molecule has 0 saturated heterocycles. The topological polar surface area (TPSA) is 59.0 Å². The third-order valence-corrected chi connectivity index (χ3v) is 4.24. The minimum atomic E-state index is -0.594. The van der Waals surface area contributed by atoms with Gasteiger partial charge in [0.05, 0.1) is 5.56 Å². The van der Waals surface area contributed by atoms with Crippen molar-refractivity contribution >= 4 is 27.3 Å². The number of hydrogen-bond acceptors (Lipinski definition) is 4. The van der Waals surface area contributed by atoms with Crippen molar-refractivity contribution in [3.8, 4) is 11.8 Å². The Kier molecular flexibility index (Phi) is 4.53. The second kappa shape index (κ2) is 6.15. The first-order valence-electron chi connectivity index (χ1n) is 5.44. The maximum absolute atomic E-state index is 13.5. The molecule has 1 aromatic carbocycles. The molecule has 98 valence electrons. The number of halogens is 2. The Hall–Kier alpha value is -1.42. The first-order valence-corrected chi connectivity index (χ1v) is 7.11. The molecule has 6 heteroatoms. The molecular formula is C13H10BrFN2OS. The average Bonchev–Trinajstić information content (AvgIpc) is 2.82. The molecule has 1 unspecified atom stereocenters. The normalized spacial score (nSPS) is 11.9. The molecule has 3 nitrogen and oxygen atoms in total. The highest BCUT2D eigenvalue weighted by atomic mass is 79.9. The van der Waals surface area contributed by atoms with Crippen molar-refractivity contribution < 1.29 is 9.13 Å². The van der Waals surface area contributed by atoms with Crippen LogP contribution >= 0.6 is 27.3 Å². The molecule has 0 aliphatic carbocycles. The Morgan fingerprint density at radius 3 is 2.79 bits per heavy atom. The fourth-order valence-corrected chi connectivity index (χ4v) is 3.03. The minimum absolute atomic E-state index is 0.00415. The van der Waals surface area contributed by atoms with Crippen molar-refractivity contribution in [1.82, 2.24) is 0 Å². The Labute approximate surface area is 122 Å². The van der Waals surface area contributed by atoms with Gasteiger partial charge >= 0.3 is 0 Å². The zero-order valence-electron chi connectivity index (χ0n) is 9.77. The van der Waals surface area contributed by atoms with E-state index < -0.39 is 5.82 Å². The number of nitrogens with zero attached hydrogens (tertiary/aromatic N) is 1. The van der Waals surface area contributed by atoms with E-state index in [2.05, 4.69) is 15.9 Å². The highest BCUT2D eigenvalue weighted by Gasteiger charge is 2.15. The molecular weight excluding hydrogens is 331 g/mol. The summed E-state index contributed by atoms with van der Waals surface area (Å²) in [6.45, 7) is 0.286. The number of nitrogens with two attached hydrogens (primary N) is 1. The molecule has 0 amide bonds. The Bertz CT molecular complexity index is 623. The predicted octanol–water partition coefficient (Wildman–Crippen LogP) is 3.60. The van der Waals surface area contributed by atoms with Gasteiger partial charge in [-0.25, -0.2) is 4.39 Å². The summed E-state index contributed by atoms with van der Waals surface area (Å²) in [5.41, 5.74) is 5.67. The van der Waals surface area contributed by atoms with Crippen molar-refractivity contribution in [2.45, 2.75) is 6.10 Å². The van der Waals surface area contributed by atoms with E-state index in [0.29, 0.717) is 5.75 Å². The second-order valence-electron chi connectivity index (χ2n) is 3.76. The predicted molar refractivity (Wildman–Crippen MR) is 75.6 cm³/mol. The first-order chi connectivity index (χ1) is 9.13. The van der Waals surface area contributed by atoms with Crippen molar-refractivity contribution in [1.29, 1.82) is 5.26 Å². The summed E-state index contributed by atoms with van der Waals surface area (Å²) in [7, 11) is 0. The lowest BCUT2D eigenvalue weighted by Crippen LogP contribution is -2.17. The maximum Gasteiger partial charge on any atom is 0.145 e. The van der Waals surface area contributed by atoms with Gasteiger partial charge in [0.1, 0.15) is 23.7 Å². The lowest BCUT2D eigenvalue weighted by atomic mass is 10.2. The Balaban J connectivity index is 2.19. The van der Waals surface area contributed by atoms with Crippen molar-refractivity contribution in [3.05, 3.63) is 50.4 Å². The molecule has 0 bridgehead atoms. The molecule has 19 heavy (non-hydrogen) atoms. The zero-order valence-corrected chi connectivity index (χ0v) is 12.2. The molecule has 1 aromatic heterocycles. The maximum atomic E-state index is 13.5. The van der Waals surface area contributed by atoms with Crippen molar-refractivity contribution in [2.24, 2.45) is 5.73 Å². The van der Waals surface area contributed by atoms with Crippen LogP contribution < -0.4 is 10.5 Å². The van der Waals surface area contributed by atoms with Crippen LogP contribution in [-0.2, 0) is 0 Å². The molecule has 1 atom stereocenters. The van der Waals surface area contributed by atoms with E-state index in [1.807, 2.05) is 11.4 Å². The summed E-state index contributed by atoms with van der Waals surface area (Å²) in [4.78, 5) is 0.958. The van der Waals surface area contributed by atoms with Crippen LogP contribution in [0.15, 0.2) is 34.1 Å². The average molecular weight is 341 g/mol. The Morgan fingerprint density at radius 2 is 2.26 bits per heavy atom. The summed E-state index contributed by atoms with van der Waals surface area (Å²) in [6, 6.07) is 7.84. The van der Waals surface area contributed by atoms with Crippen molar-refractivity contribution in [2.75, 3.05) is 6.54 Å². The van der Waals surface area contributed by atoms with Crippen LogP contribution in [-0.4, -0.2) is 6.54 Å². The number of benzene rings is 1. The van der Waals surface area contributed by atoms with Gasteiger partial charge < -0.3 is 10.5 Å². The lowest BCUT2D eigenvalue weighted by Gasteiger charge is -2.16. The monoisotopic (exact) mass is 340 g/mol. The van der Waals surface area contributed by atoms with E-state index in [0.717, 1.165) is 9.35 Å². The highest BCUT2D eigenvalue weighted by Crippen LogP contribution is 2.29. The molecule has 0 radical (unpaired) electrons. The van der Waals surface area contributed by atoms with Gasteiger partial charge in [-0.3, -0.25) is 0 Å². The molecule has 2 rings (SSSR count). The van der Waals surface area contributed by atoms with Crippen LogP contribution in [0, 0.1) is 17.1 Å². The first kappa shape index (κ1) is 14.0. The molecule has 0 saturated carbocycles. The van der Waals surface area contributed by atoms with E-state index in [9.17, 15) is 4.39 Å². The van der Waals surface area contributed by atoms with Gasteiger partial charge in [0, 0.05) is 27.3 Å². The van der Waals surface area contributed by atoms with E-state index in [4.69, 9.17) is 15.7 Å². The number of hydrogen-bond donors (Lipinski definition) is 1. The van der Waals surface area contributed by atoms with Gasteiger partial charge in [0.2, 0.25) is 0 Å². The fourth-order valence-electron chi connectivity index (χ4n) is 1.54. The number of thiophene rings is 1. The van der Waals surface area contributed by atoms with E-state index >= 15 is 0 Å². The number of ether oxygens (including phenoxy) is 1. The van der Waals surface area contributed by atoms with Gasteiger partial charge in [-0.2, -0.15) is 5.26 Å². The molecule has 0 aliphatic heterocycles. The van der Waals surface area contributed by atoms with Crippen molar-refractivity contribution in [3.63, 3.8) is 0 Å². The Morgan fingerprint density at radius 1 is 1.47 bits per heavy atom. The van der Waals surface area contributed by atoms with Gasteiger partial charge in [0.25, 0.3) is 0 Å². The fraction of sp³-hybridized carbons (Fsp3) is 0.154. The largest absolute Gasteiger partial charge is 0.483 e. The summed E-state index contributed by atoms with van der Waals surface area (Å²) >= 11 is 4.88. The third kappa shape index (κ3) is 3.32. The zero-order chi connectivity index (χ0) is 13.8. The van der Waals surface area contributed by atoms with Gasteiger partial charge in [-0.05, 0) is 34.1 Å². The van der Waals surface area contributed by atoms with Gasteiger partial charge in [-0.1, -0.05) is 0 Å². The second-order valence-corrected chi connectivity index (χ2v) is 5.62.